The molecule has 0 aliphatic rings. The largest absolute Gasteiger partial charge is 0.294 e. The van der Waals surface area contributed by atoms with Crippen LogP contribution in [0.2, 0.25) is 0 Å². The van der Waals surface area contributed by atoms with Gasteiger partial charge in [-0.2, -0.15) is 0 Å². The van der Waals surface area contributed by atoms with Gasteiger partial charge in [-0.1, -0.05) is 84.4 Å². The second kappa shape index (κ2) is 7.94. The summed E-state index contributed by atoms with van der Waals surface area (Å²) in [6.07, 6.45) is 3.65. The van der Waals surface area contributed by atoms with Crippen molar-refractivity contribution in [3.8, 4) is 0 Å². The third kappa shape index (κ3) is 4.24. The number of fused-ring (bicyclic) bond motifs is 1. The Bertz CT molecular complexity index is 881. The Hall–Kier alpha value is -2.67. The smallest absolute Gasteiger partial charge is 0.164 e. The first kappa shape index (κ1) is 17.2. The predicted molar refractivity (Wildman–Crippen MR) is 106 cm³/mol. The summed E-state index contributed by atoms with van der Waals surface area (Å²) in [6.45, 7) is 4.21. The topological polar surface area (TPSA) is 17.1 Å². The molecule has 1 nitrogen and oxygen atoms in total. The number of carbonyl (C=O) groups excluding carboxylic acids is 1. The average molecular weight is 328 g/mol. The maximum absolute atomic E-state index is 13.1. The van der Waals surface area contributed by atoms with Crippen LogP contribution in [0.3, 0.4) is 0 Å². The van der Waals surface area contributed by atoms with Crippen LogP contribution in [0.25, 0.3) is 10.8 Å². The van der Waals surface area contributed by atoms with E-state index in [0.29, 0.717) is 6.42 Å². The highest BCUT2D eigenvalue weighted by Crippen LogP contribution is 2.28. The summed E-state index contributed by atoms with van der Waals surface area (Å²) >= 11 is 0. The predicted octanol–water partition coefficient (Wildman–Crippen LogP) is 6.55. The van der Waals surface area contributed by atoms with Gasteiger partial charge in [0.2, 0.25) is 0 Å². The van der Waals surface area contributed by atoms with Crippen LogP contribution in [0, 0.1) is 0 Å². The van der Waals surface area contributed by atoms with Gasteiger partial charge in [-0.25, -0.2) is 0 Å². The van der Waals surface area contributed by atoms with Gasteiger partial charge in [-0.3, -0.25) is 4.79 Å². The molecule has 3 aromatic carbocycles. The van der Waals surface area contributed by atoms with Gasteiger partial charge >= 0.3 is 0 Å². The van der Waals surface area contributed by atoms with Crippen LogP contribution in [-0.2, 0) is 0 Å². The lowest BCUT2D eigenvalue weighted by Gasteiger charge is -2.16. The Morgan fingerprint density at radius 1 is 0.880 bits per heavy atom. The van der Waals surface area contributed by atoms with Crippen molar-refractivity contribution in [2.45, 2.75) is 32.6 Å². The second-order valence-corrected chi connectivity index (χ2v) is 6.78. The van der Waals surface area contributed by atoms with Gasteiger partial charge in [-0.15, -0.1) is 0 Å². The zero-order valence-electron chi connectivity index (χ0n) is 14.9. The lowest BCUT2D eigenvalue weighted by molar-refractivity contribution is 0.0975. The first-order chi connectivity index (χ1) is 12.1. The Morgan fingerprint density at radius 2 is 1.56 bits per heavy atom. The number of allylic oxidation sites excluding steroid dienone is 2. The molecule has 0 aliphatic carbocycles. The maximum Gasteiger partial charge on any atom is 0.164 e. The van der Waals surface area contributed by atoms with Gasteiger partial charge in [0.15, 0.2) is 5.78 Å². The normalized spacial score (nSPS) is 11.9. The number of benzene rings is 3. The monoisotopic (exact) mass is 328 g/mol. The quantitative estimate of drug-likeness (QED) is 0.370. The van der Waals surface area contributed by atoms with Crippen LogP contribution in [0.4, 0.5) is 0 Å². The molecule has 1 atom stereocenters. The minimum atomic E-state index is 0.211. The van der Waals surface area contributed by atoms with Gasteiger partial charge in [-0.05, 0) is 42.5 Å². The molecule has 1 heteroatoms. The van der Waals surface area contributed by atoms with E-state index in [1.54, 1.807) is 0 Å². The Morgan fingerprint density at radius 3 is 2.32 bits per heavy atom. The minimum Gasteiger partial charge on any atom is -0.294 e. The van der Waals surface area contributed by atoms with Crippen molar-refractivity contribution in [2.24, 2.45) is 0 Å². The highest BCUT2D eigenvalue weighted by Gasteiger charge is 2.17. The highest BCUT2D eigenvalue weighted by molar-refractivity contribution is 6.08. The van der Waals surface area contributed by atoms with Crippen LogP contribution in [0.1, 0.15) is 48.5 Å². The number of carbonyl (C=O) groups is 1. The molecular formula is C24H24O. The van der Waals surface area contributed by atoms with Gasteiger partial charge in [0.25, 0.3) is 0 Å². The third-order valence-corrected chi connectivity index (χ3v) is 4.60. The molecule has 0 saturated heterocycles. The SMILES string of the molecule is CC(C)=CCC(CC(=O)c1cccc2ccccc12)c1ccccc1. The molecule has 3 aromatic rings. The molecule has 126 valence electrons. The standard InChI is InChI=1S/C24H24O/c1-18(2)15-16-21(19-9-4-3-5-10-19)17-24(25)23-14-8-12-20-11-6-7-13-22(20)23/h3-15,21H,16-17H2,1-2H3. The van der Waals surface area contributed by atoms with E-state index in [1.165, 1.54) is 11.1 Å². The number of hydrogen-bond donors (Lipinski definition) is 0. The molecule has 0 saturated carbocycles. The van der Waals surface area contributed by atoms with Gasteiger partial charge < -0.3 is 0 Å². The van der Waals surface area contributed by atoms with E-state index in [1.807, 2.05) is 48.5 Å². The lowest BCUT2D eigenvalue weighted by atomic mass is 9.87. The van der Waals surface area contributed by atoms with Crippen LogP contribution in [0.5, 0.6) is 0 Å². The fourth-order valence-electron chi connectivity index (χ4n) is 3.24. The first-order valence-electron chi connectivity index (χ1n) is 8.84. The fraction of sp³-hybridized carbons (Fsp3) is 0.208. The summed E-state index contributed by atoms with van der Waals surface area (Å²) in [4.78, 5) is 13.1. The molecule has 0 radical (unpaired) electrons. The van der Waals surface area contributed by atoms with Gasteiger partial charge in [0.05, 0.1) is 0 Å². The van der Waals surface area contributed by atoms with Crippen molar-refractivity contribution in [2.75, 3.05) is 0 Å². The summed E-state index contributed by atoms with van der Waals surface area (Å²) in [6, 6.07) is 24.5. The Labute approximate surface area is 150 Å². The van der Waals surface area contributed by atoms with Crippen molar-refractivity contribution in [1.82, 2.24) is 0 Å². The van der Waals surface area contributed by atoms with E-state index >= 15 is 0 Å². The maximum atomic E-state index is 13.1. The summed E-state index contributed by atoms with van der Waals surface area (Å²) < 4.78 is 0. The molecule has 3 rings (SSSR count). The molecule has 25 heavy (non-hydrogen) atoms. The van der Waals surface area contributed by atoms with Gasteiger partial charge in [0.1, 0.15) is 0 Å². The van der Waals surface area contributed by atoms with Crippen molar-refractivity contribution in [1.29, 1.82) is 0 Å². The van der Waals surface area contributed by atoms with E-state index in [4.69, 9.17) is 0 Å². The Kier molecular flexibility index (Phi) is 5.45. The van der Waals surface area contributed by atoms with Crippen LogP contribution in [-0.4, -0.2) is 5.78 Å². The summed E-state index contributed by atoms with van der Waals surface area (Å²) in [7, 11) is 0. The molecule has 0 spiro atoms. The van der Waals surface area contributed by atoms with Crippen LogP contribution < -0.4 is 0 Å². The van der Waals surface area contributed by atoms with Crippen molar-refractivity contribution < 1.29 is 4.79 Å². The van der Waals surface area contributed by atoms with E-state index in [-0.39, 0.29) is 11.7 Å². The highest BCUT2D eigenvalue weighted by atomic mass is 16.1. The minimum absolute atomic E-state index is 0.211. The van der Waals surface area contributed by atoms with Gasteiger partial charge in [0, 0.05) is 12.0 Å². The number of Topliss-reactive ketones (excluding diaryl/α,β-unsaturated/α-hetero) is 1. The summed E-state index contributed by atoms with van der Waals surface area (Å²) in [5, 5.41) is 2.16. The first-order valence-corrected chi connectivity index (χ1v) is 8.84. The third-order valence-electron chi connectivity index (χ3n) is 4.60. The summed E-state index contributed by atoms with van der Waals surface area (Å²) in [5.74, 6) is 0.426. The van der Waals surface area contributed by atoms with Crippen molar-refractivity contribution >= 4 is 16.6 Å². The number of ketones is 1. The average Bonchev–Trinajstić information content (AvgIpc) is 2.65. The fourth-order valence-corrected chi connectivity index (χ4v) is 3.24. The van der Waals surface area contributed by atoms with Crippen LogP contribution in [0.15, 0.2) is 84.4 Å². The molecule has 0 aliphatic heterocycles. The lowest BCUT2D eigenvalue weighted by Crippen LogP contribution is -2.08. The van der Waals surface area contributed by atoms with E-state index in [0.717, 1.165) is 22.8 Å². The second-order valence-electron chi connectivity index (χ2n) is 6.78. The number of rotatable bonds is 6. The number of hydrogen-bond acceptors (Lipinski definition) is 1. The van der Waals surface area contributed by atoms with E-state index in [2.05, 4.69) is 44.2 Å². The molecule has 0 heterocycles. The molecular weight excluding hydrogens is 304 g/mol. The molecule has 0 aromatic heterocycles. The van der Waals surface area contributed by atoms with Crippen molar-refractivity contribution in [3.05, 3.63) is 95.6 Å². The van der Waals surface area contributed by atoms with Crippen LogP contribution >= 0.6 is 0 Å². The molecule has 0 amide bonds. The van der Waals surface area contributed by atoms with E-state index < -0.39 is 0 Å². The molecule has 0 bridgehead atoms. The van der Waals surface area contributed by atoms with Crippen molar-refractivity contribution in [3.63, 3.8) is 0 Å². The van der Waals surface area contributed by atoms with E-state index in [9.17, 15) is 4.79 Å². The zero-order valence-corrected chi connectivity index (χ0v) is 14.9. The molecule has 0 N–H and O–H groups in total. The summed E-state index contributed by atoms with van der Waals surface area (Å²) in [5.41, 5.74) is 3.35. The Balaban J connectivity index is 1.90. The molecule has 1 unspecified atom stereocenters. The molecule has 0 fully saturated rings. The zero-order chi connectivity index (χ0) is 17.6.